The first-order chi connectivity index (χ1) is 17.2. The summed E-state index contributed by atoms with van der Waals surface area (Å²) >= 11 is 0. The number of ether oxygens (including phenoxy) is 1. The molecule has 5 heteroatoms. The van der Waals surface area contributed by atoms with Crippen LogP contribution in [0.15, 0.2) is 30.8 Å². The van der Waals surface area contributed by atoms with Crippen molar-refractivity contribution in [3.05, 3.63) is 42.2 Å². The van der Waals surface area contributed by atoms with E-state index < -0.39 is 11.9 Å². The molecule has 4 nitrogen and oxygen atoms in total. The Kier molecular flexibility index (Phi) is 6.01. The van der Waals surface area contributed by atoms with Gasteiger partial charge in [-0.2, -0.15) is 0 Å². The van der Waals surface area contributed by atoms with Gasteiger partial charge in [0.1, 0.15) is 17.7 Å². The molecule has 1 saturated heterocycles. The number of hydrogen-bond acceptors (Lipinski definition) is 4. The van der Waals surface area contributed by atoms with Crippen molar-refractivity contribution in [2.45, 2.75) is 90.4 Å². The van der Waals surface area contributed by atoms with Gasteiger partial charge in [0.05, 0.1) is 6.61 Å². The van der Waals surface area contributed by atoms with Crippen LogP contribution in [0.1, 0.15) is 84.1 Å². The van der Waals surface area contributed by atoms with E-state index in [1.54, 1.807) is 12.1 Å². The Hall–Kier alpha value is -1.56. The third-order valence-electron chi connectivity index (χ3n) is 11.6. The minimum absolute atomic E-state index is 0.206. The van der Waals surface area contributed by atoms with E-state index in [-0.39, 0.29) is 17.2 Å². The van der Waals surface area contributed by atoms with Crippen LogP contribution in [0.3, 0.4) is 0 Å². The van der Waals surface area contributed by atoms with Gasteiger partial charge in [0.25, 0.3) is 0 Å². The standard InChI is InChI=1S/C31H41FO4/c1-19(21-5-8-23(32)9-6-21)28-18-34-31(36-35-28)16-15-29(3)22(17-31)7-10-24-26-12-11-25(20(2)33)30(26,4)14-13-27(24)29/h5-6,8-9,22,24-28H,1,7,10-18H2,2-4H3/t22-,24?,25?,26?,27?,28?,29+,30-,31?/m1/s1. The third kappa shape index (κ3) is 3.75. The van der Waals surface area contributed by atoms with Gasteiger partial charge in [0.2, 0.25) is 5.79 Å². The number of carbonyl (C=O) groups excluding carboxylic acids is 1. The first-order valence-corrected chi connectivity index (χ1v) is 14.1. The summed E-state index contributed by atoms with van der Waals surface area (Å²) in [7, 11) is 0. The second kappa shape index (κ2) is 8.74. The highest BCUT2D eigenvalue weighted by atomic mass is 19.1. The van der Waals surface area contributed by atoms with Crippen LogP contribution >= 0.6 is 0 Å². The molecule has 4 saturated carbocycles. The van der Waals surface area contributed by atoms with Gasteiger partial charge in [-0.3, -0.25) is 4.79 Å². The fourth-order valence-corrected chi connectivity index (χ4v) is 9.51. The number of rotatable bonds is 3. The van der Waals surface area contributed by atoms with Gasteiger partial charge in [-0.05, 0) is 110 Å². The second-order valence-corrected chi connectivity index (χ2v) is 13.1. The predicted molar refractivity (Wildman–Crippen MR) is 136 cm³/mol. The molecule has 1 aromatic rings. The Morgan fingerprint density at radius 3 is 2.42 bits per heavy atom. The zero-order chi connectivity index (χ0) is 25.3. The maximum Gasteiger partial charge on any atom is 0.202 e. The predicted octanol–water partition coefficient (Wildman–Crippen LogP) is 7.13. The molecule has 6 rings (SSSR count). The molecule has 6 unspecified atom stereocenters. The van der Waals surface area contributed by atoms with Crippen LogP contribution < -0.4 is 0 Å². The lowest BCUT2D eigenvalue weighted by Crippen LogP contribution is -2.58. The molecule has 5 fully saturated rings. The Bertz CT molecular complexity index is 1030. The van der Waals surface area contributed by atoms with Gasteiger partial charge >= 0.3 is 0 Å². The monoisotopic (exact) mass is 496 g/mol. The number of benzene rings is 1. The number of ketones is 1. The topological polar surface area (TPSA) is 44.8 Å². The van der Waals surface area contributed by atoms with E-state index in [0.29, 0.717) is 29.6 Å². The molecular formula is C31H41FO4. The number of Topliss-reactive ketones (excluding diaryl/α,β-unsaturated/α-hetero) is 1. The minimum atomic E-state index is -0.674. The summed E-state index contributed by atoms with van der Waals surface area (Å²) < 4.78 is 19.7. The van der Waals surface area contributed by atoms with Crippen molar-refractivity contribution < 1.29 is 23.7 Å². The Morgan fingerprint density at radius 2 is 1.72 bits per heavy atom. The van der Waals surface area contributed by atoms with E-state index in [1.165, 1.54) is 44.2 Å². The van der Waals surface area contributed by atoms with Gasteiger partial charge in [-0.1, -0.05) is 32.6 Å². The van der Waals surface area contributed by atoms with Crippen LogP contribution in [-0.2, 0) is 19.3 Å². The van der Waals surface area contributed by atoms with E-state index in [4.69, 9.17) is 14.5 Å². The van der Waals surface area contributed by atoms with Gasteiger partial charge < -0.3 is 4.74 Å². The zero-order valence-corrected chi connectivity index (χ0v) is 22.1. The second-order valence-electron chi connectivity index (χ2n) is 13.1. The Balaban J connectivity index is 1.12. The molecule has 9 atom stereocenters. The van der Waals surface area contributed by atoms with Crippen LogP contribution in [0, 0.1) is 46.2 Å². The third-order valence-corrected chi connectivity index (χ3v) is 11.6. The van der Waals surface area contributed by atoms with Gasteiger partial charge in [-0.15, -0.1) is 0 Å². The maximum absolute atomic E-state index is 13.3. The fraction of sp³-hybridized carbons (Fsp3) is 0.710. The lowest BCUT2D eigenvalue weighted by molar-refractivity contribution is -0.489. The molecular weight excluding hydrogens is 455 g/mol. The summed E-state index contributed by atoms with van der Waals surface area (Å²) in [4.78, 5) is 24.4. The minimum Gasteiger partial charge on any atom is -0.344 e. The first-order valence-electron chi connectivity index (χ1n) is 14.1. The summed E-state index contributed by atoms with van der Waals surface area (Å²) in [5, 5.41) is 0. The van der Waals surface area contributed by atoms with Crippen molar-refractivity contribution in [2.75, 3.05) is 6.61 Å². The number of halogens is 1. The summed E-state index contributed by atoms with van der Waals surface area (Å²) in [5.41, 5.74) is 2.08. The van der Waals surface area contributed by atoms with E-state index in [9.17, 15) is 9.18 Å². The van der Waals surface area contributed by atoms with E-state index >= 15 is 0 Å². The van der Waals surface area contributed by atoms with Crippen LogP contribution in [0.25, 0.3) is 5.57 Å². The average molecular weight is 497 g/mol. The highest BCUT2D eigenvalue weighted by Gasteiger charge is 2.62. The van der Waals surface area contributed by atoms with Crippen LogP contribution in [0.5, 0.6) is 0 Å². The van der Waals surface area contributed by atoms with E-state index in [0.717, 1.165) is 48.7 Å². The van der Waals surface area contributed by atoms with Crippen molar-refractivity contribution in [1.29, 1.82) is 0 Å². The Morgan fingerprint density at radius 1 is 0.972 bits per heavy atom. The highest BCUT2D eigenvalue weighted by Crippen LogP contribution is 2.68. The molecule has 0 aromatic heterocycles. The van der Waals surface area contributed by atoms with Gasteiger partial charge in [0, 0.05) is 18.8 Å². The van der Waals surface area contributed by atoms with E-state index in [2.05, 4.69) is 20.4 Å². The molecule has 1 heterocycles. The van der Waals surface area contributed by atoms with Crippen LogP contribution in [0.2, 0.25) is 0 Å². The molecule has 1 spiro atoms. The van der Waals surface area contributed by atoms with Crippen molar-refractivity contribution >= 4 is 11.4 Å². The Labute approximate surface area is 214 Å². The summed E-state index contributed by atoms with van der Waals surface area (Å²) in [6.45, 7) is 11.3. The normalized spacial score (nSPS) is 46.0. The fourth-order valence-electron chi connectivity index (χ4n) is 9.51. The quantitative estimate of drug-likeness (QED) is 0.418. The first kappa shape index (κ1) is 24.8. The summed E-state index contributed by atoms with van der Waals surface area (Å²) in [5.74, 6) is 2.46. The number of fused-ring (bicyclic) bond motifs is 5. The van der Waals surface area contributed by atoms with Gasteiger partial charge in [-0.25, -0.2) is 14.2 Å². The molecule has 0 bridgehead atoms. The molecule has 1 aliphatic heterocycles. The SMILES string of the molecule is C=C(c1ccc(F)cc1)C1COC2(CC[C@]3(C)C4CC[C@]5(C)C(C(C)=O)CCC5C4CC[C@@H]3C2)OO1. The largest absolute Gasteiger partial charge is 0.344 e. The molecule has 0 amide bonds. The van der Waals surface area contributed by atoms with Crippen molar-refractivity contribution in [3.8, 4) is 0 Å². The zero-order valence-electron chi connectivity index (χ0n) is 22.1. The maximum atomic E-state index is 13.3. The van der Waals surface area contributed by atoms with E-state index in [1.807, 2.05) is 6.92 Å². The number of carbonyl (C=O) groups is 1. The van der Waals surface area contributed by atoms with Crippen LogP contribution in [-0.4, -0.2) is 24.3 Å². The molecule has 0 N–H and O–H groups in total. The molecule has 36 heavy (non-hydrogen) atoms. The smallest absolute Gasteiger partial charge is 0.202 e. The molecule has 5 aliphatic rings. The lowest BCUT2D eigenvalue weighted by atomic mass is 9.44. The number of hydrogen-bond donors (Lipinski definition) is 0. The molecule has 1 aromatic carbocycles. The van der Waals surface area contributed by atoms with Crippen molar-refractivity contribution in [1.82, 2.24) is 0 Å². The molecule has 196 valence electrons. The summed E-state index contributed by atoms with van der Waals surface area (Å²) in [6.07, 6.45) is 9.64. The summed E-state index contributed by atoms with van der Waals surface area (Å²) in [6, 6.07) is 6.30. The molecule has 0 radical (unpaired) electrons. The van der Waals surface area contributed by atoms with Crippen LogP contribution in [0.4, 0.5) is 4.39 Å². The average Bonchev–Trinajstić information content (AvgIpc) is 3.23. The highest BCUT2D eigenvalue weighted by molar-refractivity contribution is 5.79. The molecule has 4 aliphatic carbocycles. The van der Waals surface area contributed by atoms with Gasteiger partial charge in [0.15, 0.2) is 0 Å². The van der Waals surface area contributed by atoms with Crippen molar-refractivity contribution in [2.24, 2.45) is 40.4 Å². The van der Waals surface area contributed by atoms with Crippen molar-refractivity contribution in [3.63, 3.8) is 0 Å². The lowest BCUT2D eigenvalue weighted by Gasteiger charge is -2.62.